The van der Waals surface area contributed by atoms with Crippen LogP contribution in [-0.2, 0) is 42.7 Å². The highest BCUT2D eigenvalue weighted by atomic mass is 16.7. The molecule has 290 valence electrons. The lowest BCUT2D eigenvalue weighted by Gasteiger charge is -2.30. The molecule has 2 heterocycles. The number of carbonyl (C=O) groups is 1. The molecule has 2 aliphatic heterocycles. The van der Waals surface area contributed by atoms with Gasteiger partial charge in [0.25, 0.3) is 0 Å². The summed E-state index contributed by atoms with van der Waals surface area (Å²) < 4.78 is 48.0. The van der Waals surface area contributed by atoms with Crippen LogP contribution in [0.25, 0.3) is 0 Å². The molecular formula is C40H70O10. The maximum atomic E-state index is 13.3. The third-order valence-corrected chi connectivity index (χ3v) is 9.65. The van der Waals surface area contributed by atoms with Gasteiger partial charge in [0, 0.05) is 38.1 Å². The molecule has 13 atom stereocenters. The zero-order valence-corrected chi connectivity index (χ0v) is 33.1. The highest BCUT2D eigenvalue weighted by Gasteiger charge is 2.49. The SMILES string of the molecule is CCOC(C)OC1CCC(C)C(O)/C=C\C(C)C(/C(C)=C/C=C/C(C)(CC2OC2C(C)C(CC)OC(C)OCC)OC(C)OCC)OC(=O)C1. The Morgan fingerprint density at radius 2 is 1.62 bits per heavy atom. The summed E-state index contributed by atoms with van der Waals surface area (Å²) >= 11 is 0. The summed E-state index contributed by atoms with van der Waals surface area (Å²) in [6.07, 6.45) is 10.1. The Bertz CT molecular complexity index is 1060. The van der Waals surface area contributed by atoms with Crippen LogP contribution in [0, 0.1) is 17.8 Å². The number of hydrogen-bond acceptors (Lipinski definition) is 10. The molecule has 0 bridgehead atoms. The van der Waals surface area contributed by atoms with Gasteiger partial charge in [-0.15, -0.1) is 0 Å². The molecule has 1 fully saturated rings. The summed E-state index contributed by atoms with van der Waals surface area (Å²) in [6.45, 7) is 25.5. The quantitative estimate of drug-likeness (QED) is 0.0444. The number of carbonyl (C=O) groups excluding carboxylic acids is 1. The summed E-state index contributed by atoms with van der Waals surface area (Å²) in [6, 6.07) is 0. The van der Waals surface area contributed by atoms with Gasteiger partial charge in [-0.1, -0.05) is 58.1 Å². The number of allylic oxidation sites excluding steroid dienone is 2. The Hall–Kier alpha value is -1.63. The number of aliphatic hydroxyl groups excluding tert-OH is 1. The number of epoxide rings is 1. The minimum atomic E-state index is -0.692. The van der Waals surface area contributed by atoms with E-state index in [0.29, 0.717) is 39.1 Å². The molecule has 13 unspecified atom stereocenters. The van der Waals surface area contributed by atoms with E-state index in [1.807, 2.05) is 99.6 Å². The van der Waals surface area contributed by atoms with E-state index in [4.69, 9.17) is 37.9 Å². The minimum Gasteiger partial charge on any atom is -0.457 e. The van der Waals surface area contributed by atoms with Gasteiger partial charge in [0.15, 0.2) is 18.9 Å². The van der Waals surface area contributed by atoms with Crippen molar-refractivity contribution in [2.75, 3.05) is 19.8 Å². The van der Waals surface area contributed by atoms with Crippen molar-refractivity contribution in [2.24, 2.45) is 17.8 Å². The Kier molecular flexibility index (Phi) is 20.0. The van der Waals surface area contributed by atoms with Gasteiger partial charge < -0.3 is 43.0 Å². The molecule has 10 heteroatoms. The standard InChI is InChI=1S/C40H70O10/c1-13-35(47-31(10)44-15-3)29(8)39-36(48-39)25-40(12,50-32(11)45-16-4)23-17-18-27(6)38-28(7)20-22-34(41)26(5)19-21-33(24-37(42)49-38)46-30(9)43-14-2/h17-18,20,22-23,26,28-36,38-39,41H,13-16,19,21,24-25H2,1-12H3/b22-20-,23-17+,27-18+. The van der Waals surface area contributed by atoms with Crippen molar-refractivity contribution in [1.29, 1.82) is 0 Å². The van der Waals surface area contributed by atoms with Crippen molar-refractivity contribution in [2.45, 2.75) is 176 Å². The van der Waals surface area contributed by atoms with E-state index in [1.54, 1.807) is 0 Å². The maximum Gasteiger partial charge on any atom is 0.309 e. The third kappa shape index (κ3) is 15.5. The number of ether oxygens (including phenoxy) is 8. The average Bonchev–Trinajstić information content (AvgIpc) is 3.81. The first-order valence-corrected chi connectivity index (χ1v) is 19.1. The van der Waals surface area contributed by atoms with E-state index in [1.165, 1.54) is 0 Å². The van der Waals surface area contributed by atoms with Crippen molar-refractivity contribution in [3.8, 4) is 0 Å². The van der Waals surface area contributed by atoms with Crippen LogP contribution in [0.1, 0.15) is 115 Å². The van der Waals surface area contributed by atoms with Crippen LogP contribution >= 0.6 is 0 Å². The molecule has 50 heavy (non-hydrogen) atoms. The maximum absolute atomic E-state index is 13.3. The normalized spacial score (nSPS) is 31.8. The average molecular weight is 711 g/mol. The van der Waals surface area contributed by atoms with Crippen molar-refractivity contribution in [3.63, 3.8) is 0 Å². The van der Waals surface area contributed by atoms with Gasteiger partial charge in [0.1, 0.15) is 6.10 Å². The third-order valence-electron chi connectivity index (χ3n) is 9.65. The fourth-order valence-electron chi connectivity index (χ4n) is 6.76. The van der Waals surface area contributed by atoms with Crippen molar-refractivity contribution in [1.82, 2.24) is 0 Å². The second-order valence-corrected chi connectivity index (χ2v) is 14.2. The van der Waals surface area contributed by atoms with E-state index in [-0.39, 0.29) is 60.8 Å². The smallest absolute Gasteiger partial charge is 0.309 e. The summed E-state index contributed by atoms with van der Waals surface area (Å²) in [4.78, 5) is 13.3. The lowest BCUT2D eigenvalue weighted by Crippen LogP contribution is -2.35. The first kappa shape index (κ1) is 44.5. The van der Waals surface area contributed by atoms with E-state index in [2.05, 4.69) is 13.8 Å². The molecule has 0 spiro atoms. The van der Waals surface area contributed by atoms with E-state index >= 15 is 0 Å². The molecule has 1 saturated heterocycles. The van der Waals surface area contributed by atoms with Crippen LogP contribution in [0.3, 0.4) is 0 Å². The van der Waals surface area contributed by atoms with E-state index < -0.39 is 30.4 Å². The summed E-state index contributed by atoms with van der Waals surface area (Å²) in [5.41, 5.74) is 0.176. The van der Waals surface area contributed by atoms with Gasteiger partial charge in [-0.2, -0.15) is 0 Å². The monoisotopic (exact) mass is 710 g/mol. The van der Waals surface area contributed by atoms with Gasteiger partial charge in [-0.25, -0.2) is 0 Å². The molecule has 1 N–H and O–H groups in total. The number of aliphatic hydroxyl groups is 1. The van der Waals surface area contributed by atoms with Gasteiger partial charge >= 0.3 is 5.97 Å². The largest absolute Gasteiger partial charge is 0.457 e. The number of rotatable bonds is 20. The van der Waals surface area contributed by atoms with Gasteiger partial charge in [-0.3, -0.25) is 4.79 Å². The Labute approximate surface area is 303 Å². The number of hydrogen-bond donors (Lipinski definition) is 1. The second-order valence-electron chi connectivity index (χ2n) is 14.2. The first-order chi connectivity index (χ1) is 23.7. The molecule has 0 amide bonds. The number of cyclic esters (lactones) is 1. The second kappa shape index (κ2) is 22.4. The zero-order valence-electron chi connectivity index (χ0n) is 33.1. The molecule has 0 aromatic carbocycles. The predicted molar refractivity (Wildman–Crippen MR) is 195 cm³/mol. The highest BCUT2D eigenvalue weighted by Crippen LogP contribution is 2.40. The van der Waals surface area contributed by atoms with E-state index in [0.717, 1.165) is 12.0 Å². The lowest BCUT2D eigenvalue weighted by atomic mass is 9.90. The molecule has 0 aliphatic carbocycles. The van der Waals surface area contributed by atoms with Crippen LogP contribution in [0.4, 0.5) is 0 Å². The van der Waals surface area contributed by atoms with Gasteiger partial charge in [-0.05, 0) is 86.1 Å². The molecular weight excluding hydrogens is 640 g/mol. The molecule has 0 radical (unpaired) electrons. The Morgan fingerprint density at radius 3 is 2.26 bits per heavy atom. The van der Waals surface area contributed by atoms with Gasteiger partial charge in [0.2, 0.25) is 0 Å². The fraction of sp³-hybridized carbons (Fsp3) is 0.825. The lowest BCUT2D eigenvalue weighted by molar-refractivity contribution is -0.181. The van der Waals surface area contributed by atoms with Crippen molar-refractivity contribution in [3.05, 3.63) is 36.0 Å². The van der Waals surface area contributed by atoms with Gasteiger partial charge in [0.05, 0.1) is 42.5 Å². The Morgan fingerprint density at radius 1 is 0.980 bits per heavy atom. The van der Waals surface area contributed by atoms with E-state index in [9.17, 15) is 9.90 Å². The molecule has 10 nitrogen and oxygen atoms in total. The molecule has 2 aliphatic rings. The summed E-state index contributed by atoms with van der Waals surface area (Å²) in [5, 5.41) is 10.9. The van der Waals surface area contributed by atoms with Crippen LogP contribution in [0.5, 0.6) is 0 Å². The Balaban J connectivity index is 2.26. The summed E-state index contributed by atoms with van der Waals surface area (Å²) in [7, 11) is 0. The predicted octanol–water partition coefficient (Wildman–Crippen LogP) is 7.67. The van der Waals surface area contributed by atoms with Crippen LogP contribution in [0.2, 0.25) is 0 Å². The molecule has 0 saturated carbocycles. The molecule has 2 rings (SSSR count). The first-order valence-electron chi connectivity index (χ1n) is 19.1. The van der Waals surface area contributed by atoms with Crippen molar-refractivity contribution >= 4 is 5.97 Å². The molecule has 0 aromatic heterocycles. The van der Waals surface area contributed by atoms with Crippen LogP contribution in [-0.4, -0.2) is 92.0 Å². The fourth-order valence-corrected chi connectivity index (χ4v) is 6.76. The highest BCUT2D eigenvalue weighted by molar-refractivity contribution is 5.70. The van der Waals surface area contributed by atoms with Crippen LogP contribution in [0.15, 0.2) is 36.0 Å². The zero-order chi connectivity index (χ0) is 37.4. The topological polar surface area (TPSA) is 114 Å². The summed E-state index contributed by atoms with van der Waals surface area (Å²) in [5.74, 6) is -0.307. The van der Waals surface area contributed by atoms with Crippen molar-refractivity contribution < 1.29 is 47.8 Å². The molecule has 0 aromatic rings. The minimum absolute atomic E-state index is 0.00505. The number of esters is 1. The van der Waals surface area contributed by atoms with Crippen LogP contribution < -0.4 is 0 Å².